The molecule has 1 atom stereocenters. The minimum atomic E-state index is -1.55. The maximum absolute atomic E-state index is 13.9. The first kappa shape index (κ1) is 18.9. The second-order valence-corrected chi connectivity index (χ2v) is 6.39. The Bertz CT molecular complexity index is 961. The van der Waals surface area contributed by atoms with Gasteiger partial charge in [-0.25, -0.2) is 18.6 Å². The SMILES string of the molecule is CC1CC(=O)NN=C1c1ccc(NC(=O)c2cc(F)c(F)c(Cl)c2F)cc1. The highest BCUT2D eigenvalue weighted by atomic mass is 35.5. The Hall–Kier alpha value is -2.87. The molecule has 0 aliphatic carbocycles. The van der Waals surface area contributed by atoms with E-state index < -0.39 is 33.9 Å². The van der Waals surface area contributed by atoms with Crippen LogP contribution in [0.15, 0.2) is 35.4 Å². The number of hydrogen-bond donors (Lipinski definition) is 2. The van der Waals surface area contributed by atoms with E-state index in [2.05, 4.69) is 15.8 Å². The largest absolute Gasteiger partial charge is 0.322 e. The summed E-state index contributed by atoms with van der Waals surface area (Å²) in [6.45, 7) is 1.86. The number of carbonyl (C=O) groups is 2. The summed E-state index contributed by atoms with van der Waals surface area (Å²) in [6.07, 6.45) is 0.313. The number of amides is 2. The van der Waals surface area contributed by atoms with Crippen molar-refractivity contribution >= 4 is 34.8 Å². The van der Waals surface area contributed by atoms with Crippen molar-refractivity contribution in [1.29, 1.82) is 0 Å². The van der Waals surface area contributed by atoms with E-state index in [1.807, 2.05) is 6.92 Å². The van der Waals surface area contributed by atoms with Crippen molar-refractivity contribution in [2.45, 2.75) is 13.3 Å². The lowest BCUT2D eigenvalue weighted by atomic mass is 9.94. The van der Waals surface area contributed by atoms with Crippen molar-refractivity contribution in [3.63, 3.8) is 0 Å². The summed E-state index contributed by atoms with van der Waals surface area (Å²) in [5.41, 5.74) is 3.42. The molecule has 0 spiro atoms. The summed E-state index contributed by atoms with van der Waals surface area (Å²) in [7, 11) is 0. The molecule has 1 heterocycles. The summed E-state index contributed by atoms with van der Waals surface area (Å²) in [5.74, 6) is -5.53. The Morgan fingerprint density at radius 1 is 1.22 bits per heavy atom. The van der Waals surface area contributed by atoms with Gasteiger partial charge in [-0.05, 0) is 23.8 Å². The Balaban J connectivity index is 1.79. The highest BCUT2D eigenvalue weighted by molar-refractivity contribution is 6.31. The van der Waals surface area contributed by atoms with E-state index >= 15 is 0 Å². The first-order valence-electron chi connectivity index (χ1n) is 7.89. The smallest absolute Gasteiger partial charge is 0.258 e. The maximum atomic E-state index is 13.9. The van der Waals surface area contributed by atoms with Crippen molar-refractivity contribution in [2.24, 2.45) is 11.0 Å². The van der Waals surface area contributed by atoms with Crippen LogP contribution in [-0.2, 0) is 4.79 Å². The van der Waals surface area contributed by atoms with Crippen LogP contribution in [0.4, 0.5) is 18.9 Å². The molecule has 2 N–H and O–H groups in total. The molecule has 9 heteroatoms. The van der Waals surface area contributed by atoms with Crippen molar-refractivity contribution in [3.05, 3.63) is 63.9 Å². The first-order valence-corrected chi connectivity index (χ1v) is 8.27. The van der Waals surface area contributed by atoms with Gasteiger partial charge >= 0.3 is 0 Å². The third kappa shape index (κ3) is 3.80. The lowest BCUT2D eigenvalue weighted by molar-refractivity contribution is -0.121. The fourth-order valence-corrected chi connectivity index (χ4v) is 2.86. The van der Waals surface area contributed by atoms with Gasteiger partial charge in [0, 0.05) is 18.0 Å². The topological polar surface area (TPSA) is 70.6 Å². The molecule has 2 aromatic carbocycles. The maximum Gasteiger partial charge on any atom is 0.258 e. The van der Waals surface area contributed by atoms with Crippen LogP contribution in [0.5, 0.6) is 0 Å². The van der Waals surface area contributed by atoms with Gasteiger partial charge in [0.1, 0.15) is 5.02 Å². The fourth-order valence-electron chi connectivity index (χ4n) is 2.66. The molecule has 2 amide bonds. The lowest BCUT2D eigenvalue weighted by Gasteiger charge is -2.19. The number of halogens is 4. The van der Waals surface area contributed by atoms with Gasteiger partial charge in [-0.3, -0.25) is 9.59 Å². The van der Waals surface area contributed by atoms with Gasteiger partial charge < -0.3 is 5.32 Å². The number of nitrogens with zero attached hydrogens (tertiary/aromatic N) is 1. The van der Waals surface area contributed by atoms with E-state index in [-0.39, 0.29) is 11.8 Å². The molecule has 0 fully saturated rings. The molecule has 140 valence electrons. The van der Waals surface area contributed by atoms with Gasteiger partial charge in [-0.1, -0.05) is 30.7 Å². The third-order valence-electron chi connectivity index (χ3n) is 4.05. The number of benzene rings is 2. The zero-order valence-corrected chi connectivity index (χ0v) is 14.7. The van der Waals surface area contributed by atoms with Crippen LogP contribution in [-0.4, -0.2) is 17.5 Å². The van der Waals surface area contributed by atoms with Crippen LogP contribution in [0.25, 0.3) is 0 Å². The van der Waals surface area contributed by atoms with E-state index in [1.165, 1.54) is 12.1 Å². The van der Waals surface area contributed by atoms with Crippen LogP contribution in [0.1, 0.15) is 29.3 Å². The monoisotopic (exact) mass is 395 g/mol. The fraction of sp³-hybridized carbons (Fsp3) is 0.167. The normalized spacial score (nSPS) is 16.6. The highest BCUT2D eigenvalue weighted by Gasteiger charge is 2.23. The molecular weight excluding hydrogens is 383 g/mol. The second kappa shape index (κ2) is 7.40. The quantitative estimate of drug-likeness (QED) is 0.611. The Labute approximate surface area is 157 Å². The standard InChI is InChI=1S/C18H13ClF3N3O2/c1-8-6-13(26)24-25-17(8)9-2-4-10(5-3-9)23-18(27)11-7-12(20)16(22)14(19)15(11)21/h2-5,7-8H,6H2,1H3,(H,23,27)(H,24,26). The summed E-state index contributed by atoms with van der Waals surface area (Å²) in [6, 6.07) is 6.85. The van der Waals surface area contributed by atoms with Crippen molar-refractivity contribution < 1.29 is 22.8 Å². The van der Waals surface area contributed by atoms with Gasteiger partial charge in [-0.15, -0.1) is 0 Å². The van der Waals surface area contributed by atoms with Crippen LogP contribution in [0.3, 0.4) is 0 Å². The minimum Gasteiger partial charge on any atom is -0.322 e. The molecule has 1 aliphatic rings. The molecule has 1 aliphatic heterocycles. The number of hydrogen-bond acceptors (Lipinski definition) is 3. The summed E-state index contributed by atoms with van der Waals surface area (Å²) in [4.78, 5) is 23.5. The molecule has 2 aromatic rings. The highest BCUT2D eigenvalue weighted by Crippen LogP contribution is 2.25. The zero-order chi connectivity index (χ0) is 19.7. The van der Waals surface area contributed by atoms with Crippen molar-refractivity contribution in [1.82, 2.24) is 5.43 Å². The molecule has 3 rings (SSSR count). The Morgan fingerprint density at radius 3 is 2.52 bits per heavy atom. The molecule has 0 saturated heterocycles. The van der Waals surface area contributed by atoms with E-state index in [0.717, 1.165) is 5.56 Å². The van der Waals surface area contributed by atoms with Crippen LogP contribution in [0, 0.1) is 23.4 Å². The third-order valence-corrected chi connectivity index (χ3v) is 4.38. The average Bonchev–Trinajstić information content (AvgIpc) is 2.64. The first-order chi connectivity index (χ1) is 12.8. The van der Waals surface area contributed by atoms with E-state index in [1.54, 1.807) is 12.1 Å². The molecule has 5 nitrogen and oxygen atoms in total. The molecule has 1 unspecified atom stereocenters. The minimum absolute atomic E-state index is 0.0716. The van der Waals surface area contributed by atoms with Gasteiger partial charge in [-0.2, -0.15) is 5.10 Å². The number of anilines is 1. The number of hydrazone groups is 1. The molecule has 0 aromatic heterocycles. The van der Waals surface area contributed by atoms with E-state index in [0.29, 0.717) is 23.9 Å². The van der Waals surface area contributed by atoms with Gasteiger partial charge in [0.05, 0.1) is 11.3 Å². The van der Waals surface area contributed by atoms with Crippen LogP contribution < -0.4 is 10.7 Å². The second-order valence-electron chi connectivity index (χ2n) is 6.02. The van der Waals surface area contributed by atoms with Crippen LogP contribution in [0.2, 0.25) is 5.02 Å². The van der Waals surface area contributed by atoms with Gasteiger partial charge in [0.25, 0.3) is 5.91 Å². The lowest BCUT2D eigenvalue weighted by Crippen LogP contribution is -2.31. The summed E-state index contributed by atoms with van der Waals surface area (Å²) in [5, 5.41) is 5.33. The average molecular weight is 396 g/mol. The molecule has 0 saturated carbocycles. The number of carbonyl (C=O) groups excluding carboxylic acids is 2. The number of rotatable bonds is 3. The van der Waals surface area contributed by atoms with Crippen molar-refractivity contribution in [3.8, 4) is 0 Å². The molecule has 0 radical (unpaired) electrons. The van der Waals surface area contributed by atoms with E-state index in [9.17, 15) is 22.8 Å². The Morgan fingerprint density at radius 2 is 1.89 bits per heavy atom. The van der Waals surface area contributed by atoms with Crippen molar-refractivity contribution in [2.75, 3.05) is 5.32 Å². The Kier molecular flexibility index (Phi) is 5.18. The predicted molar refractivity (Wildman–Crippen MR) is 94.2 cm³/mol. The predicted octanol–water partition coefficient (Wildman–Crippen LogP) is 3.87. The van der Waals surface area contributed by atoms with Gasteiger partial charge in [0.2, 0.25) is 5.91 Å². The molecular formula is C18H13ClF3N3O2. The van der Waals surface area contributed by atoms with Crippen LogP contribution >= 0.6 is 11.6 Å². The summed E-state index contributed by atoms with van der Waals surface area (Å²) < 4.78 is 40.5. The zero-order valence-electron chi connectivity index (χ0n) is 13.9. The van der Waals surface area contributed by atoms with E-state index in [4.69, 9.17) is 11.6 Å². The number of nitrogens with one attached hydrogen (secondary N) is 2. The molecule has 0 bridgehead atoms. The molecule has 27 heavy (non-hydrogen) atoms. The van der Waals surface area contributed by atoms with Gasteiger partial charge in [0.15, 0.2) is 17.5 Å². The summed E-state index contributed by atoms with van der Waals surface area (Å²) >= 11 is 5.35.